The van der Waals surface area contributed by atoms with Gasteiger partial charge in [-0.3, -0.25) is 14.6 Å². The van der Waals surface area contributed by atoms with Crippen LogP contribution >= 0.6 is 0 Å². The summed E-state index contributed by atoms with van der Waals surface area (Å²) in [6, 6.07) is 12.4. The van der Waals surface area contributed by atoms with Crippen LogP contribution in [0.2, 0.25) is 0 Å². The normalized spacial score (nSPS) is 20.9. The van der Waals surface area contributed by atoms with Crippen molar-refractivity contribution in [3.8, 4) is 11.1 Å². The van der Waals surface area contributed by atoms with Crippen molar-refractivity contribution >= 4 is 11.8 Å². The molecule has 0 spiro atoms. The van der Waals surface area contributed by atoms with E-state index in [0.717, 1.165) is 36.0 Å². The van der Waals surface area contributed by atoms with Crippen LogP contribution in [0.25, 0.3) is 11.1 Å². The maximum atomic E-state index is 13.6. The van der Waals surface area contributed by atoms with E-state index in [1.807, 2.05) is 35.9 Å². The van der Waals surface area contributed by atoms with Gasteiger partial charge < -0.3 is 9.80 Å². The fourth-order valence-electron chi connectivity index (χ4n) is 4.67. The number of carbonyl (C=O) groups is 2. The van der Waals surface area contributed by atoms with Crippen molar-refractivity contribution in [1.29, 1.82) is 0 Å². The van der Waals surface area contributed by atoms with Crippen molar-refractivity contribution < 1.29 is 9.59 Å². The summed E-state index contributed by atoms with van der Waals surface area (Å²) in [6.07, 6.45) is 7.03. The van der Waals surface area contributed by atoms with E-state index in [2.05, 4.69) is 35.3 Å². The molecule has 1 aliphatic carbocycles. The van der Waals surface area contributed by atoms with E-state index in [1.165, 1.54) is 0 Å². The van der Waals surface area contributed by atoms with E-state index >= 15 is 0 Å². The monoisotopic (exact) mass is 405 g/mol. The molecule has 1 saturated carbocycles. The van der Waals surface area contributed by atoms with Gasteiger partial charge in [-0.15, -0.1) is 0 Å². The number of hydrogen-bond donors (Lipinski definition) is 0. The number of nitrogens with zero attached hydrogens (tertiary/aromatic N) is 3. The average Bonchev–Trinajstić information content (AvgIpc) is 3.55. The van der Waals surface area contributed by atoms with Gasteiger partial charge in [-0.05, 0) is 62.3 Å². The Balaban J connectivity index is 1.62. The first kappa shape index (κ1) is 20.6. The average molecular weight is 406 g/mol. The fourth-order valence-corrected chi connectivity index (χ4v) is 4.67. The molecule has 2 fully saturated rings. The predicted molar refractivity (Wildman–Crippen MR) is 118 cm³/mol. The van der Waals surface area contributed by atoms with Gasteiger partial charge in [-0.1, -0.05) is 30.3 Å². The first-order valence-corrected chi connectivity index (χ1v) is 11.1. The Kier molecular flexibility index (Phi) is 5.89. The molecule has 1 atom stereocenters. The van der Waals surface area contributed by atoms with Crippen LogP contribution in [0.5, 0.6) is 0 Å². The summed E-state index contributed by atoms with van der Waals surface area (Å²) in [5.41, 5.74) is 2.78. The van der Waals surface area contributed by atoms with Gasteiger partial charge in [0.15, 0.2) is 0 Å². The molecular weight excluding hydrogens is 374 g/mol. The van der Waals surface area contributed by atoms with Gasteiger partial charge in [0.2, 0.25) is 11.8 Å². The summed E-state index contributed by atoms with van der Waals surface area (Å²) in [6.45, 7) is 6.67. The minimum Gasteiger partial charge on any atom is -0.343 e. The molecule has 2 aromatic rings. The van der Waals surface area contributed by atoms with E-state index in [9.17, 15) is 9.59 Å². The molecule has 0 bridgehead atoms. The SMILES string of the molecule is CCN(CC)C(=O)[C@@]1(Cc2cccc(-c3cccnc3)c2)CCN(C(=O)C2CC2)C1. The van der Waals surface area contributed by atoms with Gasteiger partial charge in [0.25, 0.3) is 0 Å². The maximum absolute atomic E-state index is 13.6. The van der Waals surface area contributed by atoms with E-state index < -0.39 is 5.41 Å². The lowest BCUT2D eigenvalue weighted by Gasteiger charge is -2.34. The third-order valence-electron chi connectivity index (χ3n) is 6.56. The summed E-state index contributed by atoms with van der Waals surface area (Å²) < 4.78 is 0. The van der Waals surface area contributed by atoms with Gasteiger partial charge in [0, 0.05) is 44.5 Å². The first-order chi connectivity index (χ1) is 14.6. The third-order valence-corrected chi connectivity index (χ3v) is 6.56. The number of likely N-dealkylation sites (tertiary alicyclic amines) is 1. The second-order valence-corrected chi connectivity index (χ2v) is 8.66. The van der Waals surface area contributed by atoms with Crippen LogP contribution < -0.4 is 0 Å². The van der Waals surface area contributed by atoms with Crippen molar-refractivity contribution in [3.63, 3.8) is 0 Å². The fraction of sp³-hybridized carbons (Fsp3) is 0.480. The van der Waals surface area contributed by atoms with Crippen LogP contribution in [0.3, 0.4) is 0 Å². The highest BCUT2D eigenvalue weighted by molar-refractivity contribution is 5.87. The van der Waals surface area contributed by atoms with Crippen molar-refractivity contribution in [2.24, 2.45) is 11.3 Å². The zero-order valence-electron chi connectivity index (χ0n) is 18.0. The molecule has 158 valence electrons. The molecule has 4 rings (SSSR count). The molecule has 1 aromatic carbocycles. The van der Waals surface area contributed by atoms with Gasteiger partial charge in [0.1, 0.15) is 0 Å². The van der Waals surface area contributed by atoms with Crippen LogP contribution in [-0.2, 0) is 16.0 Å². The molecule has 2 aliphatic rings. The smallest absolute Gasteiger partial charge is 0.230 e. The zero-order valence-corrected chi connectivity index (χ0v) is 18.0. The predicted octanol–water partition coefficient (Wildman–Crippen LogP) is 3.79. The summed E-state index contributed by atoms with van der Waals surface area (Å²) in [5.74, 6) is 0.622. The molecule has 1 aliphatic heterocycles. The number of hydrogen-bond acceptors (Lipinski definition) is 3. The van der Waals surface area contributed by atoms with Crippen LogP contribution in [0.15, 0.2) is 48.8 Å². The Morgan fingerprint density at radius 3 is 2.57 bits per heavy atom. The highest BCUT2D eigenvalue weighted by Crippen LogP contribution is 2.40. The molecule has 1 saturated heterocycles. The standard InChI is InChI=1S/C25H31N3O2/c1-3-27(4-2)24(30)25(12-14-28(18-25)23(29)20-10-11-20)16-19-7-5-8-21(15-19)22-9-6-13-26-17-22/h5-9,13,15,17,20H,3-4,10-12,14,16,18H2,1-2H3/t25-/m1/s1. The molecule has 5 heteroatoms. The first-order valence-electron chi connectivity index (χ1n) is 11.1. The van der Waals surface area contributed by atoms with E-state index in [-0.39, 0.29) is 17.7 Å². The summed E-state index contributed by atoms with van der Waals surface area (Å²) in [4.78, 5) is 34.4. The highest BCUT2D eigenvalue weighted by Gasteiger charge is 2.49. The van der Waals surface area contributed by atoms with Crippen molar-refractivity contribution in [2.45, 2.75) is 39.5 Å². The third kappa shape index (κ3) is 4.11. The lowest BCUT2D eigenvalue weighted by Crippen LogP contribution is -2.47. The van der Waals surface area contributed by atoms with Crippen LogP contribution in [0.4, 0.5) is 0 Å². The molecular formula is C25H31N3O2. The Bertz CT molecular complexity index is 906. The van der Waals surface area contributed by atoms with Gasteiger partial charge >= 0.3 is 0 Å². The zero-order chi connectivity index (χ0) is 21.1. The summed E-state index contributed by atoms with van der Waals surface area (Å²) in [7, 11) is 0. The summed E-state index contributed by atoms with van der Waals surface area (Å²) in [5, 5.41) is 0. The van der Waals surface area contributed by atoms with Crippen LogP contribution in [-0.4, -0.2) is 52.8 Å². The quantitative estimate of drug-likeness (QED) is 0.704. The molecule has 30 heavy (non-hydrogen) atoms. The van der Waals surface area contributed by atoms with Crippen molar-refractivity contribution in [1.82, 2.24) is 14.8 Å². The molecule has 2 amide bonds. The van der Waals surface area contributed by atoms with E-state index in [1.54, 1.807) is 6.20 Å². The second kappa shape index (κ2) is 8.58. The second-order valence-electron chi connectivity index (χ2n) is 8.66. The number of benzene rings is 1. The minimum atomic E-state index is -0.538. The number of amides is 2. The summed E-state index contributed by atoms with van der Waals surface area (Å²) >= 11 is 0. The Morgan fingerprint density at radius 1 is 1.13 bits per heavy atom. The Hall–Kier alpha value is -2.69. The van der Waals surface area contributed by atoms with Gasteiger partial charge in [0.05, 0.1) is 5.41 Å². The van der Waals surface area contributed by atoms with Crippen molar-refractivity contribution in [3.05, 3.63) is 54.4 Å². The highest BCUT2D eigenvalue weighted by atomic mass is 16.2. The van der Waals surface area contributed by atoms with Crippen LogP contribution in [0.1, 0.15) is 38.7 Å². The molecule has 0 N–H and O–H groups in total. The Labute approximate surface area is 179 Å². The van der Waals surface area contributed by atoms with Crippen molar-refractivity contribution in [2.75, 3.05) is 26.2 Å². The Morgan fingerprint density at radius 2 is 1.90 bits per heavy atom. The number of carbonyl (C=O) groups excluding carboxylic acids is 2. The molecule has 2 heterocycles. The topological polar surface area (TPSA) is 53.5 Å². The van der Waals surface area contributed by atoms with Gasteiger partial charge in [-0.25, -0.2) is 0 Å². The number of pyridine rings is 1. The number of rotatable bonds is 7. The maximum Gasteiger partial charge on any atom is 0.230 e. The van der Waals surface area contributed by atoms with E-state index in [4.69, 9.17) is 0 Å². The largest absolute Gasteiger partial charge is 0.343 e. The lowest BCUT2D eigenvalue weighted by molar-refractivity contribution is -0.142. The molecule has 5 nitrogen and oxygen atoms in total. The lowest BCUT2D eigenvalue weighted by atomic mass is 9.79. The van der Waals surface area contributed by atoms with Crippen LogP contribution in [0, 0.1) is 11.3 Å². The molecule has 1 aromatic heterocycles. The molecule has 0 unspecified atom stereocenters. The van der Waals surface area contributed by atoms with E-state index in [0.29, 0.717) is 32.6 Å². The van der Waals surface area contributed by atoms with Gasteiger partial charge in [-0.2, -0.15) is 0 Å². The number of aromatic nitrogens is 1. The molecule has 0 radical (unpaired) electrons. The minimum absolute atomic E-state index is 0.186.